The smallest absolute Gasteiger partial charge is 0.149 e. The molecular weight excluding hydrogens is 451 g/mol. The van der Waals surface area contributed by atoms with E-state index < -0.39 is 0 Å². The number of fused-ring (bicyclic) bond motifs is 1. The van der Waals surface area contributed by atoms with E-state index in [1.165, 1.54) is 0 Å². The predicted octanol–water partition coefficient (Wildman–Crippen LogP) is 6.52. The molecule has 0 amide bonds. The van der Waals surface area contributed by atoms with Crippen LogP contribution in [0.15, 0.2) is 72.9 Å². The largest absolute Gasteiger partial charge is 0.480 e. The lowest BCUT2D eigenvalue weighted by molar-refractivity contribution is 0.364. The topological polar surface area (TPSA) is 36.3 Å². The van der Waals surface area contributed by atoms with E-state index >= 15 is 0 Å². The molecule has 2 heterocycles. The van der Waals surface area contributed by atoms with Gasteiger partial charge in [-0.2, -0.15) is 0 Å². The average molecular weight is 467 g/mol. The molecule has 154 valence electrons. The summed E-state index contributed by atoms with van der Waals surface area (Å²) in [5.41, 5.74) is 1.67. The third-order valence-electron chi connectivity index (χ3n) is 4.37. The quantitative estimate of drug-likeness (QED) is 0.247. The van der Waals surface area contributed by atoms with E-state index in [9.17, 15) is 0 Å². The number of pyridine rings is 2. The Kier molecular flexibility index (Phi) is 6.73. The van der Waals surface area contributed by atoms with Crippen LogP contribution in [0.4, 0.5) is 0 Å². The zero-order valence-electron chi connectivity index (χ0n) is 16.2. The summed E-state index contributed by atoms with van der Waals surface area (Å²) in [5.74, 6) is 7.01. The van der Waals surface area contributed by atoms with E-state index in [4.69, 9.17) is 44.9 Å². The molecular formula is C24H16Cl2N2O2S. The van der Waals surface area contributed by atoms with Gasteiger partial charge in [-0.15, -0.1) is 0 Å². The van der Waals surface area contributed by atoms with Crippen LogP contribution in [0.2, 0.25) is 10.0 Å². The first-order valence-corrected chi connectivity index (χ1v) is 10.5. The molecule has 0 aliphatic heterocycles. The minimum atomic E-state index is 0.183. The highest BCUT2D eigenvalue weighted by atomic mass is 35.5. The summed E-state index contributed by atoms with van der Waals surface area (Å²) >= 11 is 17.6. The lowest BCUT2D eigenvalue weighted by Crippen LogP contribution is -2.04. The maximum atomic E-state index is 6.08. The molecule has 4 rings (SSSR count). The molecule has 0 saturated carbocycles. The van der Waals surface area contributed by atoms with Crippen LogP contribution in [-0.2, 0) is 0 Å². The van der Waals surface area contributed by atoms with E-state index in [1.54, 1.807) is 24.4 Å². The summed E-state index contributed by atoms with van der Waals surface area (Å²) < 4.78 is 14.0. The maximum absolute atomic E-state index is 6.08. The van der Waals surface area contributed by atoms with Crippen LogP contribution in [0, 0.1) is 16.5 Å². The molecule has 0 spiro atoms. The number of hydrogen-bond acceptors (Lipinski definition) is 4. The van der Waals surface area contributed by atoms with Gasteiger partial charge in [0.25, 0.3) is 0 Å². The van der Waals surface area contributed by atoms with Crippen molar-refractivity contribution in [1.82, 2.24) is 9.55 Å². The Morgan fingerprint density at radius 3 is 2.35 bits per heavy atom. The second-order valence-corrected chi connectivity index (χ2v) is 7.66. The summed E-state index contributed by atoms with van der Waals surface area (Å²) in [6, 6.07) is 20.5. The van der Waals surface area contributed by atoms with Gasteiger partial charge >= 0.3 is 0 Å². The lowest BCUT2D eigenvalue weighted by Gasteiger charge is -2.13. The lowest BCUT2D eigenvalue weighted by atomic mass is 10.2. The Morgan fingerprint density at radius 1 is 0.871 bits per heavy atom. The number of halogens is 2. The van der Waals surface area contributed by atoms with Gasteiger partial charge in [0, 0.05) is 23.0 Å². The standard InChI is InChI=1S/C24H16Cl2N2O2S/c25-17-10-11-21(20(26)15-17)29-13-4-5-14-30-22-16-23(31)28(18-7-2-1-3-8-18)24-19(22)9-6-12-27-24/h1-3,6-12,15-16H,13-14H2. The highest BCUT2D eigenvalue weighted by Crippen LogP contribution is 2.28. The molecule has 0 bridgehead atoms. The van der Waals surface area contributed by atoms with Crippen molar-refractivity contribution in [3.8, 4) is 29.0 Å². The van der Waals surface area contributed by atoms with Gasteiger partial charge in [-0.25, -0.2) is 4.98 Å². The Balaban J connectivity index is 1.49. The molecule has 0 N–H and O–H groups in total. The van der Waals surface area contributed by atoms with Crippen molar-refractivity contribution >= 4 is 46.5 Å². The van der Waals surface area contributed by atoms with Gasteiger partial charge in [-0.1, -0.05) is 65.5 Å². The molecule has 0 radical (unpaired) electrons. The minimum Gasteiger partial charge on any atom is -0.480 e. The number of hydrogen-bond donors (Lipinski definition) is 0. The molecule has 2 aromatic carbocycles. The summed E-state index contributed by atoms with van der Waals surface area (Å²) in [5, 5.41) is 1.85. The van der Waals surface area contributed by atoms with E-state index in [1.807, 2.05) is 53.1 Å². The van der Waals surface area contributed by atoms with Crippen molar-refractivity contribution in [3.63, 3.8) is 0 Å². The maximum Gasteiger partial charge on any atom is 0.149 e. The van der Waals surface area contributed by atoms with E-state index in [0.717, 1.165) is 16.7 Å². The number of rotatable bonds is 5. The third-order valence-corrected chi connectivity index (χ3v) is 5.20. The number of aromatic nitrogens is 2. The fourth-order valence-electron chi connectivity index (χ4n) is 2.99. The number of nitrogens with zero attached hydrogens (tertiary/aromatic N) is 2. The molecule has 31 heavy (non-hydrogen) atoms. The molecule has 4 nitrogen and oxygen atoms in total. The van der Waals surface area contributed by atoms with Crippen molar-refractivity contribution in [3.05, 3.63) is 87.6 Å². The van der Waals surface area contributed by atoms with Crippen LogP contribution < -0.4 is 9.47 Å². The predicted molar refractivity (Wildman–Crippen MR) is 127 cm³/mol. The third kappa shape index (κ3) is 5.00. The molecule has 0 fully saturated rings. The summed E-state index contributed by atoms with van der Waals surface area (Å²) in [7, 11) is 0. The van der Waals surface area contributed by atoms with Crippen molar-refractivity contribution in [1.29, 1.82) is 0 Å². The van der Waals surface area contributed by atoms with Crippen LogP contribution in [-0.4, -0.2) is 22.8 Å². The molecule has 0 aliphatic rings. The Labute approximate surface area is 195 Å². The van der Waals surface area contributed by atoms with Crippen molar-refractivity contribution in [2.75, 3.05) is 13.2 Å². The molecule has 0 saturated heterocycles. The number of ether oxygens (including phenoxy) is 2. The molecule has 4 aromatic rings. The van der Waals surface area contributed by atoms with Gasteiger partial charge in [-0.05, 0) is 42.5 Å². The fourth-order valence-corrected chi connectivity index (χ4v) is 3.76. The van der Waals surface area contributed by atoms with Crippen molar-refractivity contribution in [2.24, 2.45) is 0 Å². The van der Waals surface area contributed by atoms with Gasteiger partial charge in [-0.3, -0.25) is 4.57 Å². The minimum absolute atomic E-state index is 0.183. The molecule has 2 aromatic heterocycles. The molecule has 7 heteroatoms. The summed E-state index contributed by atoms with van der Waals surface area (Å²) in [6.45, 7) is 0.369. The normalized spacial score (nSPS) is 10.4. The number of benzene rings is 2. The van der Waals surface area contributed by atoms with Crippen LogP contribution in [0.5, 0.6) is 11.5 Å². The van der Waals surface area contributed by atoms with Crippen molar-refractivity contribution < 1.29 is 9.47 Å². The first kappa shape index (κ1) is 21.2. The monoisotopic (exact) mass is 466 g/mol. The average Bonchev–Trinajstić information content (AvgIpc) is 2.78. The summed E-state index contributed by atoms with van der Waals surface area (Å²) in [6.07, 6.45) is 1.74. The Bertz CT molecular complexity index is 1340. The molecule has 0 unspecified atom stereocenters. The Hall–Kier alpha value is -3.04. The van der Waals surface area contributed by atoms with Crippen LogP contribution in [0.3, 0.4) is 0 Å². The summed E-state index contributed by atoms with van der Waals surface area (Å²) in [4.78, 5) is 4.52. The van der Waals surface area contributed by atoms with Crippen LogP contribution in [0.25, 0.3) is 16.7 Å². The zero-order chi connectivity index (χ0) is 21.6. The van der Waals surface area contributed by atoms with Gasteiger partial charge in [0.2, 0.25) is 0 Å². The molecule has 0 atom stereocenters. The van der Waals surface area contributed by atoms with E-state index in [0.29, 0.717) is 26.2 Å². The zero-order valence-corrected chi connectivity index (χ0v) is 18.5. The van der Waals surface area contributed by atoms with Gasteiger partial charge in [0.05, 0.1) is 10.4 Å². The fraction of sp³-hybridized carbons (Fsp3) is 0.0833. The van der Waals surface area contributed by atoms with E-state index in [2.05, 4.69) is 16.8 Å². The van der Waals surface area contributed by atoms with Gasteiger partial charge < -0.3 is 9.47 Å². The van der Waals surface area contributed by atoms with Crippen molar-refractivity contribution in [2.45, 2.75) is 0 Å². The van der Waals surface area contributed by atoms with Gasteiger partial charge in [0.15, 0.2) is 0 Å². The second-order valence-electron chi connectivity index (χ2n) is 6.40. The second kappa shape index (κ2) is 9.84. The first-order chi connectivity index (χ1) is 15.1. The Morgan fingerprint density at radius 2 is 1.61 bits per heavy atom. The van der Waals surface area contributed by atoms with Crippen LogP contribution in [0.1, 0.15) is 0 Å². The van der Waals surface area contributed by atoms with Crippen LogP contribution >= 0.6 is 35.4 Å². The van der Waals surface area contributed by atoms with E-state index in [-0.39, 0.29) is 13.2 Å². The van der Waals surface area contributed by atoms with Gasteiger partial charge in [0.1, 0.15) is 35.0 Å². The highest BCUT2D eigenvalue weighted by Gasteiger charge is 2.10. The highest BCUT2D eigenvalue weighted by molar-refractivity contribution is 7.71. The number of para-hydroxylation sites is 1. The molecule has 0 aliphatic carbocycles. The first-order valence-electron chi connectivity index (χ1n) is 9.36. The SMILES string of the molecule is S=c1cc(OCC#CCOc2ccc(Cl)cc2Cl)c2cccnc2n1-c1ccccc1.